The van der Waals surface area contributed by atoms with Gasteiger partial charge < -0.3 is 0 Å². The predicted octanol–water partition coefficient (Wildman–Crippen LogP) is 4.12. The van der Waals surface area contributed by atoms with E-state index in [0.29, 0.717) is 0 Å². The molecule has 0 N–H and O–H groups in total. The molecule has 0 aliphatic heterocycles. The average molecular weight is 304 g/mol. The first kappa shape index (κ1) is 11.4. The number of fused-ring (bicyclic) bond motifs is 3. The summed E-state index contributed by atoms with van der Waals surface area (Å²) < 4.78 is 1.02. The van der Waals surface area contributed by atoms with Crippen molar-refractivity contribution in [1.82, 2.24) is 0 Å². The lowest BCUT2D eigenvalue weighted by Gasteiger charge is -2.19. The molecule has 2 aromatic carbocycles. The Balaban J connectivity index is 2.31. The summed E-state index contributed by atoms with van der Waals surface area (Å²) in [6, 6.07) is 11.3. The molecule has 4 heteroatoms. The maximum Gasteiger partial charge on any atom is 0.277 e. The highest BCUT2D eigenvalue weighted by Crippen LogP contribution is 2.40. The molecule has 0 bridgehead atoms. The molecule has 90 valence electrons. The van der Waals surface area contributed by atoms with Crippen molar-refractivity contribution in [2.24, 2.45) is 0 Å². The molecule has 0 heterocycles. The monoisotopic (exact) mass is 303 g/mol. The molecule has 0 unspecified atom stereocenters. The molecule has 0 saturated carbocycles. The van der Waals surface area contributed by atoms with Crippen LogP contribution in [-0.2, 0) is 12.8 Å². The van der Waals surface area contributed by atoms with Crippen LogP contribution in [0.5, 0.6) is 0 Å². The van der Waals surface area contributed by atoms with Crippen LogP contribution in [0.15, 0.2) is 40.9 Å². The fraction of sp³-hybridized carbons (Fsp3) is 0.143. The number of nitro groups is 1. The minimum absolute atomic E-state index is 0.204. The standard InChI is InChI=1S/C14H10BrNO2/c15-11-6-7-12-10(8-11)5-4-9-2-1-3-13(14(9)12)16(17)18/h1-3,6-8H,4-5H2. The number of hydrogen-bond donors (Lipinski definition) is 0. The molecule has 0 fully saturated rings. The van der Waals surface area contributed by atoms with Crippen LogP contribution < -0.4 is 0 Å². The Labute approximate surface area is 113 Å². The van der Waals surface area contributed by atoms with Gasteiger partial charge in [-0.25, -0.2) is 0 Å². The van der Waals surface area contributed by atoms with Crippen molar-refractivity contribution in [1.29, 1.82) is 0 Å². The lowest BCUT2D eigenvalue weighted by atomic mass is 9.85. The Kier molecular flexibility index (Phi) is 2.67. The Hall–Kier alpha value is -1.68. The Morgan fingerprint density at radius 1 is 1.11 bits per heavy atom. The van der Waals surface area contributed by atoms with Crippen LogP contribution in [0.3, 0.4) is 0 Å². The van der Waals surface area contributed by atoms with Crippen LogP contribution in [0.1, 0.15) is 11.1 Å². The first-order chi connectivity index (χ1) is 8.66. The Bertz CT molecular complexity index is 652. The van der Waals surface area contributed by atoms with Crippen LogP contribution in [0.4, 0.5) is 5.69 Å². The number of hydrogen-bond acceptors (Lipinski definition) is 2. The fourth-order valence-electron chi connectivity index (χ4n) is 2.54. The highest BCUT2D eigenvalue weighted by Gasteiger charge is 2.24. The summed E-state index contributed by atoms with van der Waals surface area (Å²) in [5.41, 5.74) is 4.23. The van der Waals surface area contributed by atoms with Crippen LogP contribution in [0.2, 0.25) is 0 Å². The van der Waals surface area contributed by atoms with Gasteiger partial charge in [0.15, 0.2) is 0 Å². The number of benzene rings is 2. The topological polar surface area (TPSA) is 43.1 Å². The van der Waals surface area contributed by atoms with E-state index in [1.54, 1.807) is 12.1 Å². The molecule has 0 amide bonds. The molecule has 0 radical (unpaired) electrons. The van der Waals surface area contributed by atoms with Crippen LogP contribution >= 0.6 is 15.9 Å². The average Bonchev–Trinajstić information content (AvgIpc) is 2.37. The van der Waals surface area contributed by atoms with Gasteiger partial charge in [0, 0.05) is 10.5 Å². The van der Waals surface area contributed by atoms with Crippen molar-refractivity contribution in [2.75, 3.05) is 0 Å². The minimum atomic E-state index is -0.296. The first-order valence-corrected chi connectivity index (χ1v) is 6.51. The van der Waals surface area contributed by atoms with Crippen LogP contribution in [0.25, 0.3) is 11.1 Å². The van der Waals surface area contributed by atoms with Crippen LogP contribution in [-0.4, -0.2) is 4.92 Å². The van der Waals surface area contributed by atoms with E-state index in [4.69, 9.17) is 0 Å². The predicted molar refractivity (Wildman–Crippen MR) is 73.6 cm³/mol. The lowest BCUT2D eigenvalue weighted by molar-refractivity contribution is -0.384. The van der Waals surface area contributed by atoms with Gasteiger partial charge >= 0.3 is 0 Å². The van der Waals surface area contributed by atoms with Gasteiger partial charge in [-0.1, -0.05) is 34.1 Å². The smallest absolute Gasteiger partial charge is 0.258 e. The highest BCUT2D eigenvalue weighted by molar-refractivity contribution is 9.10. The van der Waals surface area contributed by atoms with Gasteiger partial charge in [-0.2, -0.15) is 0 Å². The second kappa shape index (κ2) is 4.21. The normalized spacial score (nSPS) is 12.7. The SMILES string of the molecule is O=[N+]([O-])c1cccc2c1-c1ccc(Br)cc1CC2. The summed E-state index contributed by atoms with van der Waals surface area (Å²) in [5.74, 6) is 0. The van der Waals surface area contributed by atoms with E-state index >= 15 is 0 Å². The van der Waals surface area contributed by atoms with E-state index < -0.39 is 0 Å². The summed E-state index contributed by atoms with van der Waals surface area (Å²) in [6.07, 6.45) is 1.80. The summed E-state index contributed by atoms with van der Waals surface area (Å²) >= 11 is 3.44. The van der Waals surface area contributed by atoms with Gasteiger partial charge in [0.1, 0.15) is 0 Å². The molecule has 18 heavy (non-hydrogen) atoms. The van der Waals surface area contributed by atoms with Crippen molar-refractivity contribution in [3.63, 3.8) is 0 Å². The maximum atomic E-state index is 11.1. The van der Waals surface area contributed by atoms with E-state index in [0.717, 1.165) is 34.0 Å². The molecule has 0 aromatic heterocycles. The van der Waals surface area contributed by atoms with Crippen molar-refractivity contribution in [3.8, 4) is 11.1 Å². The fourth-order valence-corrected chi connectivity index (χ4v) is 2.95. The summed E-state index contributed by atoms with van der Waals surface area (Å²) in [5, 5.41) is 11.1. The zero-order valence-electron chi connectivity index (χ0n) is 9.52. The second-order valence-corrected chi connectivity index (χ2v) is 5.29. The zero-order chi connectivity index (χ0) is 12.7. The lowest BCUT2D eigenvalue weighted by Crippen LogP contribution is -2.06. The van der Waals surface area contributed by atoms with Gasteiger partial charge in [0.25, 0.3) is 5.69 Å². The quantitative estimate of drug-likeness (QED) is 0.587. The van der Waals surface area contributed by atoms with E-state index in [1.807, 2.05) is 18.2 Å². The zero-order valence-corrected chi connectivity index (χ0v) is 11.1. The van der Waals surface area contributed by atoms with E-state index in [2.05, 4.69) is 22.0 Å². The van der Waals surface area contributed by atoms with Gasteiger partial charge in [-0.15, -0.1) is 0 Å². The van der Waals surface area contributed by atoms with Gasteiger partial charge in [0.2, 0.25) is 0 Å². The third-order valence-corrected chi connectivity index (χ3v) is 3.82. The largest absolute Gasteiger partial charge is 0.277 e. The molecular formula is C14H10BrNO2. The van der Waals surface area contributed by atoms with Gasteiger partial charge in [-0.3, -0.25) is 10.1 Å². The summed E-state index contributed by atoms with van der Waals surface area (Å²) in [4.78, 5) is 10.9. The van der Waals surface area contributed by atoms with Crippen LogP contribution in [0, 0.1) is 10.1 Å². The third kappa shape index (κ3) is 1.73. The maximum absolute atomic E-state index is 11.1. The second-order valence-electron chi connectivity index (χ2n) is 4.37. The first-order valence-electron chi connectivity index (χ1n) is 5.72. The number of nitro benzene ring substituents is 1. The number of rotatable bonds is 1. The number of aryl methyl sites for hydroxylation is 2. The Morgan fingerprint density at radius 3 is 2.67 bits per heavy atom. The molecule has 0 spiro atoms. The van der Waals surface area contributed by atoms with Gasteiger partial charge in [0.05, 0.1) is 10.5 Å². The van der Waals surface area contributed by atoms with Crippen molar-refractivity contribution < 1.29 is 4.92 Å². The molecule has 1 aliphatic carbocycles. The van der Waals surface area contributed by atoms with Crippen molar-refractivity contribution in [3.05, 3.63) is 62.1 Å². The minimum Gasteiger partial charge on any atom is -0.258 e. The molecule has 1 aliphatic rings. The molecule has 2 aromatic rings. The molecule has 3 rings (SSSR count). The number of halogens is 1. The Morgan fingerprint density at radius 2 is 1.89 bits per heavy atom. The third-order valence-electron chi connectivity index (χ3n) is 3.33. The van der Waals surface area contributed by atoms with E-state index in [9.17, 15) is 10.1 Å². The summed E-state index contributed by atoms with van der Waals surface area (Å²) in [7, 11) is 0. The molecule has 0 atom stereocenters. The number of nitrogens with zero attached hydrogens (tertiary/aromatic N) is 1. The molecule has 0 saturated heterocycles. The molecule has 3 nitrogen and oxygen atoms in total. The summed E-state index contributed by atoms with van der Waals surface area (Å²) in [6.45, 7) is 0. The highest BCUT2D eigenvalue weighted by atomic mass is 79.9. The molecular weight excluding hydrogens is 294 g/mol. The van der Waals surface area contributed by atoms with Gasteiger partial charge in [-0.05, 0) is 41.7 Å². The van der Waals surface area contributed by atoms with Crippen molar-refractivity contribution in [2.45, 2.75) is 12.8 Å². The van der Waals surface area contributed by atoms with E-state index in [1.165, 1.54) is 5.56 Å². The van der Waals surface area contributed by atoms with E-state index in [-0.39, 0.29) is 10.6 Å². The van der Waals surface area contributed by atoms with Crippen molar-refractivity contribution >= 4 is 21.6 Å².